The maximum Gasteiger partial charge on any atom is 0.225 e. The molecule has 0 amide bonds. The second-order valence-electron chi connectivity index (χ2n) is 6.13. The minimum absolute atomic E-state index is 0.226. The summed E-state index contributed by atoms with van der Waals surface area (Å²) in [4.78, 5) is 0. The predicted octanol–water partition coefficient (Wildman–Crippen LogP) is -0.305. The molecule has 3 aliphatic rings. The molecule has 2 unspecified atom stereocenters. The van der Waals surface area contributed by atoms with Gasteiger partial charge in [0, 0.05) is 0 Å². The van der Waals surface area contributed by atoms with Crippen LogP contribution < -0.4 is 0 Å². The first kappa shape index (κ1) is 13.7. The van der Waals surface area contributed by atoms with Crippen molar-refractivity contribution in [3.8, 4) is 0 Å². The lowest BCUT2D eigenvalue weighted by Crippen LogP contribution is -2.54. The summed E-state index contributed by atoms with van der Waals surface area (Å²) in [5, 5.41) is 20.6. The molecule has 7 heteroatoms. The molecule has 0 radical (unpaired) electrons. The maximum atomic E-state index is 10.3. The first-order valence-electron chi connectivity index (χ1n) is 6.38. The zero-order valence-electron chi connectivity index (χ0n) is 11.5. The van der Waals surface area contributed by atoms with Gasteiger partial charge in [-0.05, 0) is 27.7 Å². The highest BCUT2D eigenvalue weighted by Crippen LogP contribution is 2.44. The average Bonchev–Trinajstić information content (AvgIpc) is 2.80. The number of hydrogen-bond donors (Lipinski definition) is 2. The lowest BCUT2D eigenvalue weighted by atomic mass is 10.0. The van der Waals surface area contributed by atoms with Crippen LogP contribution >= 0.6 is 0 Å². The van der Waals surface area contributed by atoms with E-state index in [0.29, 0.717) is 0 Å². The minimum Gasteiger partial charge on any atom is -0.361 e. The van der Waals surface area contributed by atoms with Crippen molar-refractivity contribution in [1.82, 2.24) is 0 Å². The van der Waals surface area contributed by atoms with Gasteiger partial charge in [-0.15, -0.1) is 0 Å². The Bertz CT molecular complexity index is 378. The fourth-order valence-corrected chi connectivity index (χ4v) is 2.75. The van der Waals surface area contributed by atoms with E-state index >= 15 is 0 Å². The summed E-state index contributed by atoms with van der Waals surface area (Å²) >= 11 is 0. The molecule has 3 saturated heterocycles. The Labute approximate surface area is 111 Å². The highest BCUT2D eigenvalue weighted by molar-refractivity contribution is 5.02. The fraction of sp³-hybridized carbons (Fsp3) is 1.00. The molecule has 3 rings (SSSR count). The summed E-state index contributed by atoms with van der Waals surface area (Å²) in [6, 6.07) is 0. The Morgan fingerprint density at radius 3 is 2.11 bits per heavy atom. The molecule has 2 N–H and O–H groups in total. The van der Waals surface area contributed by atoms with Gasteiger partial charge in [0.15, 0.2) is 24.0 Å². The van der Waals surface area contributed by atoms with Gasteiger partial charge in [0.1, 0.15) is 12.2 Å². The second kappa shape index (κ2) is 3.88. The molecule has 0 bridgehead atoms. The Hall–Kier alpha value is -0.280. The molecule has 3 fully saturated rings. The predicted molar refractivity (Wildman–Crippen MR) is 60.8 cm³/mol. The molecule has 19 heavy (non-hydrogen) atoms. The summed E-state index contributed by atoms with van der Waals surface area (Å²) < 4.78 is 27.6. The zero-order chi connectivity index (χ0) is 14.1. The number of aliphatic hydroxyl groups is 2. The summed E-state index contributed by atoms with van der Waals surface area (Å²) in [6.07, 6.45) is -3.33. The molecule has 0 spiro atoms. The van der Waals surface area contributed by atoms with Crippen LogP contribution in [-0.2, 0) is 23.7 Å². The second-order valence-corrected chi connectivity index (χ2v) is 6.13. The monoisotopic (exact) mass is 276 g/mol. The number of hydrogen-bond acceptors (Lipinski definition) is 7. The number of rotatable bonds is 1. The third-order valence-electron chi connectivity index (χ3n) is 3.54. The van der Waals surface area contributed by atoms with E-state index in [2.05, 4.69) is 0 Å². The molecule has 3 heterocycles. The SMILES string of the molecule is CC1(C)OCC([C@@H]2O[C@H]3OC(C)(C)OC3C2(O)O)O1. The molecule has 0 saturated carbocycles. The van der Waals surface area contributed by atoms with Crippen molar-refractivity contribution in [2.45, 2.75) is 69.7 Å². The molecule has 3 aliphatic heterocycles. The third-order valence-corrected chi connectivity index (χ3v) is 3.54. The summed E-state index contributed by atoms with van der Waals surface area (Å²) in [6.45, 7) is 7.13. The lowest BCUT2D eigenvalue weighted by Gasteiger charge is -2.31. The van der Waals surface area contributed by atoms with Gasteiger partial charge in [0.05, 0.1) is 6.61 Å². The topological polar surface area (TPSA) is 86.6 Å². The van der Waals surface area contributed by atoms with Crippen molar-refractivity contribution in [2.24, 2.45) is 0 Å². The van der Waals surface area contributed by atoms with Crippen molar-refractivity contribution in [1.29, 1.82) is 0 Å². The summed E-state index contributed by atoms with van der Waals surface area (Å²) in [7, 11) is 0. The van der Waals surface area contributed by atoms with Crippen LogP contribution in [0.1, 0.15) is 27.7 Å². The molecule has 0 aliphatic carbocycles. The van der Waals surface area contributed by atoms with E-state index in [9.17, 15) is 10.2 Å². The van der Waals surface area contributed by atoms with Crippen LogP contribution in [-0.4, -0.2) is 58.8 Å². The van der Waals surface area contributed by atoms with Crippen molar-refractivity contribution in [2.75, 3.05) is 6.61 Å². The largest absolute Gasteiger partial charge is 0.361 e. The third kappa shape index (κ3) is 2.19. The Kier molecular flexibility index (Phi) is 2.80. The van der Waals surface area contributed by atoms with Gasteiger partial charge in [-0.2, -0.15) is 0 Å². The van der Waals surface area contributed by atoms with E-state index < -0.39 is 42.0 Å². The molecule has 110 valence electrons. The first-order valence-corrected chi connectivity index (χ1v) is 6.38. The molecular formula is C12H20O7. The Balaban J connectivity index is 1.77. The van der Waals surface area contributed by atoms with Crippen molar-refractivity contribution in [3.05, 3.63) is 0 Å². The molecule has 7 nitrogen and oxygen atoms in total. The van der Waals surface area contributed by atoms with Gasteiger partial charge < -0.3 is 33.9 Å². The summed E-state index contributed by atoms with van der Waals surface area (Å²) in [5.41, 5.74) is 0. The van der Waals surface area contributed by atoms with Gasteiger partial charge in [-0.1, -0.05) is 0 Å². The van der Waals surface area contributed by atoms with Crippen LogP contribution in [0.2, 0.25) is 0 Å². The molecule has 0 aromatic heterocycles. The van der Waals surface area contributed by atoms with Crippen LogP contribution in [0.3, 0.4) is 0 Å². The minimum atomic E-state index is -2.17. The first-order chi connectivity index (χ1) is 8.61. The van der Waals surface area contributed by atoms with E-state index in [4.69, 9.17) is 23.7 Å². The number of fused-ring (bicyclic) bond motifs is 1. The van der Waals surface area contributed by atoms with E-state index in [-0.39, 0.29) is 6.61 Å². The zero-order valence-corrected chi connectivity index (χ0v) is 11.5. The average molecular weight is 276 g/mol. The highest BCUT2D eigenvalue weighted by atomic mass is 16.9. The van der Waals surface area contributed by atoms with E-state index in [1.165, 1.54) is 0 Å². The molecule has 4 atom stereocenters. The quantitative estimate of drug-likeness (QED) is 0.635. The van der Waals surface area contributed by atoms with Crippen LogP contribution in [0.15, 0.2) is 0 Å². The van der Waals surface area contributed by atoms with Crippen LogP contribution in [0.25, 0.3) is 0 Å². The van der Waals surface area contributed by atoms with E-state index in [1.54, 1.807) is 27.7 Å². The summed E-state index contributed by atoms with van der Waals surface area (Å²) in [5.74, 6) is -3.83. The molecule has 0 aromatic carbocycles. The van der Waals surface area contributed by atoms with Gasteiger partial charge >= 0.3 is 0 Å². The van der Waals surface area contributed by atoms with Gasteiger partial charge in [0.2, 0.25) is 5.79 Å². The van der Waals surface area contributed by atoms with E-state index in [1.807, 2.05) is 0 Å². The van der Waals surface area contributed by atoms with Crippen molar-refractivity contribution < 1.29 is 33.9 Å². The highest BCUT2D eigenvalue weighted by Gasteiger charge is 2.65. The van der Waals surface area contributed by atoms with Gasteiger partial charge in [0.25, 0.3) is 0 Å². The van der Waals surface area contributed by atoms with Crippen LogP contribution in [0.5, 0.6) is 0 Å². The fourth-order valence-electron chi connectivity index (χ4n) is 2.75. The van der Waals surface area contributed by atoms with Crippen LogP contribution in [0.4, 0.5) is 0 Å². The van der Waals surface area contributed by atoms with Crippen molar-refractivity contribution in [3.63, 3.8) is 0 Å². The Morgan fingerprint density at radius 1 is 0.895 bits per heavy atom. The normalized spacial score (nSPS) is 46.4. The van der Waals surface area contributed by atoms with Gasteiger partial charge in [-0.25, -0.2) is 0 Å². The van der Waals surface area contributed by atoms with Crippen LogP contribution in [0, 0.1) is 0 Å². The maximum absolute atomic E-state index is 10.3. The molecule has 0 aromatic rings. The lowest BCUT2D eigenvalue weighted by molar-refractivity contribution is -0.297. The van der Waals surface area contributed by atoms with E-state index in [0.717, 1.165) is 0 Å². The molecular weight excluding hydrogens is 256 g/mol. The van der Waals surface area contributed by atoms with Gasteiger partial charge in [-0.3, -0.25) is 0 Å². The smallest absolute Gasteiger partial charge is 0.225 e. The standard InChI is InChI=1S/C12H20O7/c1-10(2)15-5-6(17-10)7-12(13,14)8-9(16-7)19-11(3,4)18-8/h6-9,13-14H,5H2,1-4H3/t6?,7-,8?,9-/m0/s1. The van der Waals surface area contributed by atoms with Crippen molar-refractivity contribution >= 4 is 0 Å². The number of ether oxygens (including phenoxy) is 5. The Morgan fingerprint density at radius 2 is 1.58 bits per heavy atom.